The van der Waals surface area contributed by atoms with Crippen LogP contribution in [0.3, 0.4) is 0 Å². The second-order valence-electron chi connectivity index (χ2n) is 16.0. The number of carbonyl (C=O) groups is 2. The van der Waals surface area contributed by atoms with E-state index in [9.17, 15) is 19.0 Å². The molecule has 51 heavy (non-hydrogen) atoms. The normalized spacial score (nSPS) is 14.3. The van der Waals surface area contributed by atoms with Crippen molar-refractivity contribution in [2.24, 2.45) is 5.92 Å². The Hall–Kier alpha value is -0.990. The van der Waals surface area contributed by atoms with E-state index in [0.717, 1.165) is 38.0 Å². The molecule has 0 aromatic heterocycles. The highest BCUT2D eigenvalue weighted by molar-refractivity contribution is 7.45. The molecule has 0 fully saturated rings. The number of rotatable bonds is 38. The molecule has 0 aromatic rings. The molecule has 0 heterocycles. The first kappa shape index (κ1) is 50.0. The Morgan fingerprint density at radius 1 is 0.608 bits per heavy atom. The maximum Gasteiger partial charge on any atom is 0.306 e. The van der Waals surface area contributed by atoms with E-state index in [-0.39, 0.29) is 32.0 Å². The zero-order chi connectivity index (χ0) is 38.1. The molecule has 0 radical (unpaired) electrons. The van der Waals surface area contributed by atoms with E-state index in [2.05, 4.69) is 20.8 Å². The van der Waals surface area contributed by atoms with Gasteiger partial charge in [-0.2, -0.15) is 0 Å². The van der Waals surface area contributed by atoms with Gasteiger partial charge in [0.15, 0.2) is 6.10 Å². The molecule has 10 heteroatoms. The zero-order valence-corrected chi connectivity index (χ0v) is 35.1. The summed E-state index contributed by atoms with van der Waals surface area (Å²) in [5.41, 5.74) is 0. The molecule has 0 aliphatic heterocycles. The van der Waals surface area contributed by atoms with E-state index >= 15 is 0 Å². The van der Waals surface area contributed by atoms with Crippen LogP contribution in [0.4, 0.5) is 0 Å². The van der Waals surface area contributed by atoms with Gasteiger partial charge in [0.05, 0.1) is 27.7 Å². The lowest BCUT2D eigenvalue weighted by atomic mass is 9.99. The summed E-state index contributed by atoms with van der Waals surface area (Å²) < 4.78 is 33.8. The van der Waals surface area contributed by atoms with Gasteiger partial charge in [-0.1, -0.05) is 168 Å². The van der Waals surface area contributed by atoms with E-state index in [1.165, 1.54) is 122 Å². The third-order valence-corrected chi connectivity index (χ3v) is 10.6. The van der Waals surface area contributed by atoms with Crippen molar-refractivity contribution in [1.82, 2.24) is 0 Å². The molecular formula is C41H82NO8P. The van der Waals surface area contributed by atoms with Crippen molar-refractivity contribution in [3.8, 4) is 0 Å². The molecule has 0 saturated heterocycles. The van der Waals surface area contributed by atoms with Gasteiger partial charge in [-0.3, -0.25) is 14.2 Å². The first-order chi connectivity index (χ1) is 24.4. The summed E-state index contributed by atoms with van der Waals surface area (Å²) in [5.74, 6) is 0.0286. The highest BCUT2D eigenvalue weighted by atomic mass is 31.2. The molecule has 0 amide bonds. The Balaban J connectivity index is 4.36. The van der Waals surface area contributed by atoms with Gasteiger partial charge in [0.2, 0.25) is 0 Å². The zero-order valence-electron chi connectivity index (χ0n) is 34.2. The fourth-order valence-corrected chi connectivity index (χ4v) is 6.65. The SMILES string of the molecule is CCCCCCCCCCCCCCCC(=O)O[C@H](COC(=O)CCCCCCCCCCCC[C@@H](C)CC)COP(=O)([O-])OCC[N+](C)(C)C. The number of quaternary nitrogens is 1. The van der Waals surface area contributed by atoms with Crippen molar-refractivity contribution in [2.75, 3.05) is 47.5 Å². The second-order valence-corrected chi connectivity index (χ2v) is 17.4. The molecule has 0 saturated carbocycles. The number of ether oxygens (including phenoxy) is 2. The van der Waals surface area contributed by atoms with Crippen LogP contribution in [0.1, 0.15) is 194 Å². The lowest BCUT2D eigenvalue weighted by molar-refractivity contribution is -0.870. The van der Waals surface area contributed by atoms with Gasteiger partial charge >= 0.3 is 11.9 Å². The maximum atomic E-state index is 12.6. The van der Waals surface area contributed by atoms with Crippen molar-refractivity contribution in [2.45, 2.75) is 200 Å². The summed E-state index contributed by atoms with van der Waals surface area (Å²) in [4.78, 5) is 37.4. The van der Waals surface area contributed by atoms with E-state index in [0.29, 0.717) is 17.4 Å². The lowest BCUT2D eigenvalue weighted by Gasteiger charge is -2.28. The Bertz CT molecular complexity index is 865. The number of hydrogen-bond acceptors (Lipinski definition) is 8. The highest BCUT2D eigenvalue weighted by Gasteiger charge is 2.21. The third kappa shape index (κ3) is 37.1. The molecule has 0 aliphatic rings. The van der Waals surface area contributed by atoms with Crippen LogP contribution in [0, 0.1) is 5.92 Å². The van der Waals surface area contributed by atoms with E-state index < -0.39 is 26.5 Å². The topological polar surface area (TPSA) is 111 Å². The highest BCUT2D eigenvalue weighted by Crippen LogP contribution is 2.38. The summed E-state index contributed by atoms with van der Waals surface area (Å²) >= 11 is 0. The van der Waals surface area contributed by atoms with E-state index in [1.54, 1.807) is 0 Å². The lowest BCUT2D eigenvalue weighted by Crippen LogP contribution is -2.37. The molecule has 9 nitrogen and oxygen atoms in total. The van der Waals surface area contributed by atoms with Gasteiger partial charge in [0.25, 0.3) is 7.82 Å². The summed E-state index contributed by atoms with van der Waals surface area (Å²) in [6.45, 7) is 6.60. The monoisotopic (exact) mass is 748 g/mol. The Morgan fingerprint density at radius 2 is 1.04 bits per heavy atom. The number of carbonyl (C=O) groups excluding carboxylic acids is 2. The average Bonchev–Trinajstić information content (AvgIpc) is 3.07. The first-order valence-corrected chi connectivity index (χ1v) is 22.6. The predicted molar refractivity (Wildman–Crippen MR) is 208 cm³/mol. The average molecular weight is 748 g/mol. The fraction of sp³-hybridized carbons (Fsp3) is 0.951. The minimum Gasteiger partial charge on any atom is -0.756 e. The van der Waals surface area contributed by atoms with Gasteiger partial charge in [0.1, 0.15) is 19.8 Å². The minimum atomic E-state index is -4.61. The molecule has 0 spiro atoms. The molecule has 304 valence electrons. The molecule has 1 unspecified atom stereocenters. The number of nitrogens with zero attached hydrogens (tertiary/aromatic N) is 1. The quantitative estimate of drug-likeness (QED) is 0.0266. The summed E-state index contributed by atoms with van der Waals surface area (Å²) in [6, 6.07) is 0. The van der Waals surface area contributed by atoms with Crippen molar-refractivity contribution in [3.05, 3.63) is 0 Å². The Kier molecular flexibility index (Phi) is 32.9. The number of hydrogen-bond donors (Lipinski definition) is 0. The number of phosphoric acid groups is 1. The molecule has 0 N–H and O–H groups in total. The smallest absolute Gasteiger partial charge is 0.306 e. The number of phosphoric ester groups is 1. The van der Waals surface area contributed by atoms with E-state index in [4.69, 9.17) is 18.5 Å². The molecule has 0 aromatic carbocycles. The van der Waals surface area contributed by atoms with Gasteiger partial charge in [-0.05, 0) is 18.8 Å². The van der Waals surface area contributed by atoms with Crippen LogP contribution >= 0.6 is 7.82 Å². The van der Waals surface area contributed by atoms with Gasteiger partial charge < -0.3 is 27.9 Å². The summed E-state index contributed by atoms with van der Waals surface area (Å²) in [5, 5.41) is 0. The van der Waals surface area contributed by atoms with Gasteiger partial charge in [0, 0.05) is 12.8 Å². The van der Waals surface area contributed by atoms with Gasteiger partial charge in [-0.25, -0.2) is 0 Å². The largest absolute Gasteiger partial charge is 0.756 e. The number of unbranched alkanes of at least 4 members (excludes halogenated alkanes) is 21. The Labute approximate surface area is 314 Å². The van der Waals surface area contributed by atoms with Crippen LogP contribution in [-0.2, 0) is 32.7 Å². The first-order valence-electron chi connectivity index (χ1n) is 21.1. The molecule has 0 bridgehead atoms. The van der Waals surface area contributed by atoms with Crippen LogP contribution in [0.5, 0.6) is 0 Å². The summed E-state index contributed by atoms with van der Waals surface area (Å²) in [6.07, 6.45) is 29.7. The molecule has 0 aliphatic carbocycles. The number of esters is 2. The van der Waals surface area contributed by atoms with Gasteiger partial charge in [-0.15, -0.1) is 0 Å². The minimum absolute atomic E-state index is 0.0265. The van der Waals surface area contributed by atoms with Crippen LogP contribution < -0.4 is 4.89 Å². The van der Waals surface area contributed by atoms with Crippen molar-refractivity contribution in [3.63, 3.8) is 0 Å². The van der Waals surface area contributed by atoms with Crippen molar-refractivity contribution >= 4 is 19.8 Å². The van der Waals surface area contributed by atoms with Crippen LogP contribution in [0.2, 0.25) is 0 Å². The van der Waals surface area contributed by atoms with Crippen LogP contribution in [-0.4, -0.2) is 70.0 Å². The molecule has 0 rings (SSSR count). The fourth-order valence-electron chi connectivity index (χ4n) is 5.92. The van der Waals surface area contributed by atoms with Crippen molar-refractivity contribution in [1.29, 1.82) is 0 Å². The molecule has 3 atom stereocenters. The predicted octanol–water partition coefficient (Wildman–Crippen LogP) is 10.9. The van der Waals surface area contributed by atoms with Crippen LogP contribution in [0.25, 0.3) is 0 Å². The van der Waals surface area contributed by atoms with E-state index in [1.807, 2.05) is 21.1 Å². The van der Waals surface area contributed by atoms with Crippen molar-refractivity contribution < 1.29 is 42.1 Å². The summed E-state index contributed by atoms with van der Waals surface area (Å²) in [7, 11) is 1.18. The van der Waals surface area contributed by atoms with Crippen LogP contribution in [0.15, 0.2) is 0 Å². The third-order valence-electron chi connectivity index (χ3n) is 9.67. The Morgan fingerprint density at radius 3 is 1.49 bits per heavy atom. The second kappa shape index (κ2) is 33.6. The maximum absolute atomic E-state index is 12.6. The molecular weight excluding hydrogens is 665 g/mol. The number of likely N-dealkylation sites (N-methyl/N-ethyl adjacent to an activating group) is 1. The standard InChI is InChI=1S/C41H82NO8P/c1-7-9-10-11-12-13-14-15-16-21-24-27-30-33-41(44)50-39(37-49-51(45,46)48-35-34-42(4,5)6)36-47-40(43)32-29-26-23-20-18-17-19-22-25-28-31-38(3)8-2/h38-39H,7-37H2,1-6H3/t38-,39+/m0/s1.